The summed E-state index contributed by atoms with van der Waals surface area (Å²) in [5.41, 5.74) is 0.950. The molecule has 0 bridgehead atoms. The molecule has 2 N–H and O–H groups in total. The van der Waals surface area contributed by atoms with Crippen LogP contribution in [0.25, 0.3) is 10.9 Å². The van der Waals surface area contributed by atoms with Gasteiger partial charge in [-0.15, -0.1) is 0 Å². The third kappa shape index (κ3) is 1.93. The maximum Gasteiger partial charge on any atom is 0.341 e. The summed E-state index contributed by atoms with van der Waals surface area (Å²) in [6.07, 6.45) is 0. The minimum absolute atomic E-state index is 0.224. The lowest BCUT2D eigenvalue weighted by molar-refractivity contribution is 0.0695. The number of pyridine rings is 1. The molecule has 0 saturated heterocycles. The van der Waals surface area contributed by atoms with Crippen molar-refractivity contribution in [3.05, 3.63) is 45.7 Å². The van der Waals surface area contributed by atoms with Crippen LogP contribution < -0.4 is 5.56 Å². The van der Waals surface area contributed by atoms with E-state index in [-0.39, 0.29) is 11.5 Å². The Kier molecular flexibility index (Phi) is 2.71. The largest absolute Gasteiger partial charge is 0.477 e. The van der Waals surface area contributed by atoms with E-state index in [4.69, 9.17) is 5.11 Å². The van der Waals surface area contributed by atoms with E-state index in [1.807, 2.05) is 26.0 Å². The number of para-hydroxylation sites is 1. The minimum atomic E-state index is -1.21. The molecule has 2 rings (SSSR count). The molecule has 17 heavy (non-hydrogen) atoms. The molecule has 0 atom stereocenters. The van der Waals surface area contributed by atoms with Crippen LogP contribution in [0.2, 0.25) is 0 Å². The Labute approximate surface area is 97.9 Å². The molecule has 0 radical (unpaired) electrons. The van der Waals surface area contributed by atoms with Crippen molar-refractivity contribution in [2.75, 3.05) is 0 Å². The molecule has 0 aliphatic heterocycles. The second kappa shape index (κ2) is 4.05. The van der Waals surface area contributed by atoms with Crippen molar-refractivity contribution in [1.82, 2.24) is 4.98 Å². The van der Waals surface area contributed by atoms with Crippen molar-refractivity contribution in [2.45, 2.75) is 19.8 Å². The van der Waals surface area contributed by atoms with Gasteiger partial charge in [0.1, 0.15) is 5.56 Å². The van der Waals surface area contributed by atoms with Crippen molar-refractivity contribution < 1.29 is 9.90 Å². The first-order valence-corrected chi connectivity index (χ1v) is 5.40. The number of fused-ring (bicyclic) bond motifs is 1. The molecule has 0 aliphatic rings. The van der Waals surface area contributed by atoms with E-state index in [0.717, 1.165) is 16.5 Å². The van der Waals surface area contributed by atoms with Gasteiger partial charge in [-0.25, -0.2) is 4.79 Å². The van der Waals surface area contributed by atoms with Crippen LogP contribution >= 0.6 is 0 Å². The molecule has 1 aromatic heterocycles. The monoisotopic (exact) mass is 231 g/mol. The van der Waals surface area contributed by atoms with Crippen LogP contribution in [0, 0.1) is 0 Å². The molecular formula is C13H13NO3. The van der Waals surface area contributed by atoms with Crippen molar-refractivity contribution in [3.63, 3.8) is 0 Å². The maximum atomic E-state index is 11.6. The summed E-state index contributed by atoms with van der Waals surface area (Å²) in [4.78, 5) is 25.1. The molecule has 2 aromatic rings. The average molecular weight is 231 g/mol. The van der Waals surface area contributed by atoms with E-state index in [9.17, 15) is 9.59 Å². The number of carbonyl (C=O) groups is 1. The van der Waals surface area contributed by atoms with Crippen molar-refractivity contribution in [3.8, 4) is 0 Å². The van der Waals surface area contributed by atoms with E-state index in [0.29, 0.717) is 0 Å². The van der Waals surface area contributed by atoms with Gasteiger partial charge in [0, 0.05) is 0 Å². The van der Waals surface area contributed by atoms with Crippen LogP contribution in [-0.2, 0) is 0 Å². The molecule has 0 aliphatic carbocycles. The van der Waals surface area contributed by atoms with Gasteiger partial charge in [-0.3, -0.25) is 4.79 Å². The van der Waals surface area contributed by atoms with E-state index < -0.39 is 11.5 Å². The lowest BCUT2D eigenvalue weighted by atomic mass is 9.99. The second-order valence-electron chi connectivity index (χ2n) is 4.28. The Balaban J connectivity index is 2.83. The van der Waals surface area contributed by atoms with Gasteiger partial charge in [0.25, 0.3) is 5.56 Å². The van der Waals surface area contributed by atoms with Crippen molar-refractivity contribution in [2.24, 2.45) is 0 Å². The molecule has 0 fully saturated rings. The zero-order valence-electron chi connectivity index (χ0n) is 9.65. The number of nitrogens with one attached hydrogen (secondary N) is 1. The first kappa shape index (κ1) is 11.4. The van der Waals surface area contributed by atoms with Gasteiger partial charge in [0.15, 0.2) is 0 Å². The highest BCUT2D eigenvalue weighted by atomic mass is 16.4. The van der Waals surface area contributed by atoms with Crippen LogP contribution in [0.15, 0.2) is 29.1 Å². The molecule has 0 amide bonds. The first-order chi connectivity index (χ1) is 8.00. The van der Waals surface area contributed by atoms with Crippen LogP contribution in [0.4, 0.5) is 0 Å². The van der Waals surface area contributed by atoms with Gasteiger partial charge >= 0.3 is 5.97 Å². The Hall–Kier alpha value is -2.10. The number of H-pyrrole nitrogens is 1. The molecule has 0 spiro atoms. The summed E-state index contributed by atoms with van der Waals surface area (Å²) in [5, 5.41) is 9.63. The highest BCUT2D eigenvalue weighted by molar-refractivity contribution is 5.93. The topological polar surface area (TPSA) is 70.2 Å². The number of rotatable bonds is 2. The number of hydrogen-bond donors (Lipinski definition) is 2. The summed E-state index contributed by atoms with van der Waals surface area (Å²) in [7, 11) is 0. The highest BCUT2D eigenvalue weighted by Crippen LogP contribution is 2.22. The van der Waals surface area contributed by atoms with Crippen LogP contribution in [0.3, 0.4) is 0 Å². The first-order valence-electron chi connectivity index (χ1n) is 5.40. The van der Waals surface area contributed by atoms with E-state index in [2.05, 4.69) is 4.98 Å². The smallest absolute Gasteiger partial charge is 0.341 e. The maximum absolute atomic E-state index is 11.6. The number of carboxylic acids is 1. The molecule has 4 heteroatoms. The Morgan fingerprint density at radius 3 is 2.65 bits per heavy atom. The fourth-order valence-electron chi connectivity index (χ4n) is 1.90. The van der Waals surface area contributed by atoms with Gasteiger partial charge < -0.3 is 10.1 Å². The lowest BCUT2D eigenvalue weighted by Gasteiger charge is -2.09. The van der Waals surface area contributed by atoms with Gasteiger partial charge in [-0.1, -0.05) is 32.0 Å². The normalized spacial score (nSPS) is 11.0. The third-order valence-electron chi connectivity index (χ3n) is 2.76. The highest BCUT2D eigenvalue weighted by Gasteiger charge is 2.12. The fourth-order valence-corrected chi connectivity index (χ4v) is 1.90. The summed E-state index contributed by atoms with van der Waals surface area (Å²) in [6, 6.07) is 7.01. The lowest BCUT2D eigenvalue weighted by Crippen LogP contribution is -2.17. The molecule has 4 nitrogen and oxygen atoms in total. The predicted octanol–water partition coefficient (Wildman–Crippen LogP) is 2.35. The summed E-state index contributed by atoms with van der Waals surface area (Å²) in [6.45, 7) is 4.05. The number of hydrogen-bond acceptors (Lipinski definition) is 2. The Morgan fingerprint density at radius 2 is 2.06 bits per heavy atom. The van der Waals surface area contributed by atoms with Gasteiger partial charge in [0.05, 0.1) is 5.52 Å². The number of benzene rings is 1. The molecular weight excluding hydrogens is 218 g/mol. The van der Waals surface area contributed by atoms with Crippen LogP contribution in [0.5, 0.6) is 0 Å². The SMILES string of the molecule is CC(C)c1cccc2cc(C(=O)O)c(=O)[nH]c12. The summed E-state index contributed by atoms with van der Waals surface area (Å²) < 4.78 is 0. The quantitative estimate of drug-likeness (QED) is 0.833. The summed E-state index contributed by atoms with van der Waals surface area (Å²) >= 11 is 0. The zero-order valence-corrected chi connectivity index (χ0v) is 9.65. The van der Waals surface area contributed by atoms with Gasteiger partial charge in [-0.2, -0.15) is 0 Å². The summed E-state index contributed by atoms with van der Waals surface area (Å²) in [5.74, 6) is -0.937. The molecule has 0 unspecified atom stereocenters. The predicted molar refractivity (Wildman–Crippen MR) is 65.6 cm³/mol. The zero-order chi connectivity index (χ0) is 12.6. The fraction of sp³-hybridized carbons (Fsp3) is 0.231. The number of carboxylic acid groups (broad SMARTS) is 1. The van der Waals surface area contributed by atoms with Crippen molar-refractivity contribution >= 4 is 16.9 Å². The van der Waals surface area contributed by atoms with E-state index in [1.165, 1.54) is 6.07 Å². The second-order valence-corrected chi connectivity index (χ2v) is 4.28. The van der Waals surface area contributed by atoms with Gasteiger partial charge in [0.2, 0.25) is 0 Å². The standard InChI is InChI=1S/C13H13NO3/c1-7(2)9-5-3-4-8-6-10(13(16)17)12(15)14-11(8)9/h3-7H,1-2H3,(H,14,15)(H,16,17). The average Bonchev–Trinajstić information content (AvgIpc) is 2.26. The van der Waals surface area contributed by atoms with Crippen LogP contribution in [-0.4, -0.2) is 16.1 Å². The molecule has 88 valence electrons. The Morgan fingerprint density at radius 1 is 1.35 bits per heavy atom. The molecule has 1 heterocycles. The molecule has 0 saturated carbocycles. The Bertz CT molecular complexity index is 641. The van der Waals surface area contributed by atoms with E-state index >= 15 is 0 Å². The van der Waals surface area contributed by atoms with E-state index in [1.54, 1.807) is 6.07 Å². The van der Waals surface area contributed by atoms with Crippen molar-refractivity contribution in [1.29, 1.82) is 0 Å². The van der Waals surface area contributed by atoms with Crippen LogP contribution in [0.1, 0.15) is 35.7 Å². The molecule has 1 aromatic carbocycles. The number of aromatic carboxylic acids is 1. The van der Waals surface area contributed by atoms with Gasteiger partial charge in [-0.05, 0) is 22.9 Å². The minimum Gasteiger partial charge on any atom is -0.477 e. The number of aromatic nitrogens is 1. The third-order valence-corrected chi connectivity index (χ3v) is 2.76. The number of aromatic amines is 1.